The summed E-state index contributed by atoms with van der Waals surface area (Å²) in [6.45, 7) is 5.55. The number of hydrogen-bond acceptors (Lipinski definition) is 4. The molecule has 0 radical (unpaired) electrons. The van der Waals surface area contributed by atoms with E-state index in [9.17, 15) is 4.79 Å². The summed E-state index contributed by atoms with van der Waals surface area (Å²) in [5.41, 5.74) is 8.35. The lowest BCUT2D eigenvalue weighted by Gasteiger charge is -2.10. The van der Waals surface area contributed by atoms with E-state index in [4.69, 9.17) is 5.73 Å². The highest BCUT2D eigenvalue weighted by molar-refractivity contribution is 7.09. The normalized spacial score (nSPS) is 11.9. The van der Waals surface area contributed by atoms with Gasteiger partial charge in [-0.05, 0) is 25.5 Å². The molecule has 104 valence electrons. The van der Waals surface area contributed by atoms with Gasteiger partial charge in [-0.1, -0.05) is 18.2 Å². The van der Waals surface area contributed by atoms with E-state index in [1.54, 1.807) is 17.4 Å². The fourth-order valence-corrected chi connectivity index (χ4v) is 2.40. The lowest BCUT2D eigenvalue weighted by molar-refractivity contribution is -0.117. The van der Waals surface area contributed by atoms with Gasteiger partial charge in [0.1, 0.15) is 0 Å². The lowest BCUT2D eigenvalue weighted by atomic mass is 10.1. The summed E-state index contributed by atoms with van der Waals surface area (Å²) in [6.07, 6.45) is 2.09. The number of thiazole rings is 1. The molecule has 1 aromatic heterocycles. The molecule has 0 saturated carbocycles. The van der Waals surface area contributed by atoms with Crippen LogP contribution in [-0.4, -0.2) is 16.9 Å². The molecule has 2 rings (SSSR count). The van der Waals surface area contributed by atoms with Gasteiger partial charge in [-0.3, -0.25) is 4.79 Å². The van der Waals surface area contributed by atoms with Crippen LogP contribution in [0.5, 0.6) is 0 Å². The molecule has 4 nitrogen and oxygen atoms in total. The molecular weight excluding hydrogens is 270 g/mol. The maximum Gasteiger partial charge on any atom is 0.241 e. The van der Waals surface area contributed by atoms with Crippen LogP contribution >= 0.6 is 11.3 Å². The number of aromatic nitrogens is 1. The summed E-state index contributed by atoms with van der Waals surface area (Å²) in [5, 5.41) is 5.82. The van der Waals surface area contributed by atoms with E-state index in [0.29, 0.717) is 6.42 Å². The third kappa shape index (κ3) is 3.53. The molecule has 1 amide bonds. The summed E-state index contributed by atoms with van der Waals surface area (Å²) >= 11 is 1.60. The molecule has 0 aliphatic carbocycles. The predicted molar refractivity (Wildman–Crippen MR) is 83.7 cm³/mol. The average Bonchev–Trinajstić information content (AvgIpc) is 2.86. The second kappa shape index (κ2) is 6.45. The summed E-state index contributed by atoms with van der Waals surface area (Å²) in [6, 6.07) is 7.01. The van der Waals surface area contributed by atoms with Crippen molar-refractivity contribution in [2.24, 2.45) is 5.73 Å². The molecule has 0 saturated heterocycles. The van der Waals surface area contributed by atoms with Gasteiger partial charge in [-0.15, -0.1) is 17.9 Å². The minimum absolute atomic E-state index is 0.212. The van der Waals surface area contributed by atoms with E-state index in [1.807, 2.05) is 36.6 Å². The van der Waals surface area contributed by atoms with Crippen molar-refractivity contribution in [3.05, 3.63) is 47.3 Å². The minimum atomic E-state index is -0.572. The zero-order chi connectivity index (χ0) is 14.5. The van der Waals surface area contributed by atoms with Crippen LogP contribution in [0.15, 0.2) is 42.3 Å². The first-order valence-corrected chi connectivity index (χ1v) is 7.18. The smallest absolute Gasteiger partial charge is 0.241 e. The largest absolute Gasteiger partial charge is 0.325 e. The summed E-state index contributed by atoms with van der Waals surface area (Å²) in [4.78, 5) is 16.3. The van der Waals surface area contributed by atoms with E-state index in [1.165, 1.54) is 0 Å². The fourth-order valence-electron chi connectivity index (χ4n) is 1.77. The first-order chi connectivity index (χ1) is 9.60. The second-order valence-electron chi connectivity index (χ2n) is 4.45. The molecule has 2 aromatic rings. The first-order valence-electron chi connectivity index (χ1n) is 6.30. The number of carbonyl (C=O) groups is 1. The molecule has 1 unspecified atom stereocenters. The quantitative estimate of drug-likeness (QED) is 0.831. The Morgan fingerprint density at radius 2 is 2.40 bits per heavy atom. The van der Waals surface area contributed by atoms with Gasteiger partial charge in [0.2, 0.25) is 5.91 Å². The molecule has 0 bridgehead atoms. The van der Waals surface area contributed by atoms with Crippen molar-refractivity contribution in [2.45, 2.75) is 19.4 Å². The van der Waals surface area contributed by atoms with Crippen molar-refractivity contribution in [1.82, 2.24) is 4.98 Å². The number of aryl methyl sites for hydroxylation is 1. The highest BCUT2D eigenvalue weighted by atomic mass is 32.1. The number of amides is 1. The Bertz CT molecular complexity index is 621. The van der Waals surface area contributed by atoms with Gasteiger partial charge in [0.25, 0.3) is 0 Å². The van der Waals surface area contributed by atoms with Gasteiger partial charge in [0, 0.05) is 16.6 Å². The molecule has 0 fully saturated rings. The number of rotatable bonds is 5. The van der Waals surface area contributed by atoms with Crippen LogP contribution < -0.4 is 11.1 Å². The monoisotopic (exact) mass is 287 g/mol. The average molecular weight is 287 g/mol. The van der Waals surface area contributed by atoms with Crippen molar-refractivity contribution in [2.75, 3.05) is 5.32 Å². The Morgan fingerprint density at radius 3 is 3.05 bits per heavy atom. The molecule has 0 aliphatic heterocycles. The molecule has 1 heterocycles. The SMILES string of the molecule is C=CCC(N)C(=O)Nc1cccc(-c2csc(C)n2)c1. The van der Waals surface area contributed by atoms with Crippen LogP contribution in [0.2, 0.25) is 0 Å². The van der Waals surface area contributed by atoms with Crippen LogP contribution in [0.4, 0.5) is 5.69 Å². The van der Waals surface area contributed by atoms with Gasteiger partial charge in [-0.2, -0.15) is 0 Å². The molecule has 5 heteroatoms. The Balaban J connectivity index is 2.14. The van der Waals surface area contributed by atoms with E-state index in [-0.39, 0.29) is 5.91 Å². The number of nitrogens with zero attached hydrogens (tertiary/aromatic N) is 1. The van der Waals surface area contributed by atoms with E-state index in [2.05, 4.69) is 16.9 Å². The third-order valence-electron chi connectivity index (χ3n) is 2.80. The maximum atomic E-state index is 11.9. The molecule has 20 heavy (non-hydrogen) atoms. The third-order valence-corrected chi connectivity index (χ3v) is 3.58. The maximum absolute atomic E-state index is 11.9. The summed E-state index contributed by atoms with van der Waals surface area (Å²) < 4.78 is 0. The van der Waals surface area contributed by atoms with E-state index in [0.717, 1.165) is 22.0 Å². The predicted octanol–water partition coefficient (Wildman–Crippen LogP) is 2.96. The standard InChI is InChI=1S/C15H17N3OS/c1-3-5-13(16)15(19)18-12-7-4-6-11(8-12)14-9-20-10(2)17-14/h3-4,6-9,13H,1,5,16H2,2H3,(H,18,19). The number of nitrogens with one attached hydrogen (secondary N) is 1. The van der Waals surface area contributed by atoms with Crippen molar-refractivity contribution in [3.63, 3.8) is 0 Å². The fraction of sp³-hybridized carbons (Fsp3) is 0.200. The Morgan fingerprint density at radius 1 is 1.60 bits per heavy atom. The van der Waals surface area contributed by atoms with Gasteiger partial charge in [-0.25, -0.2) is 4.98 Å². The van der Waals surface area contributed by atoms with Crippen LogP contribution in [0, 0.1) is 6.92 Å². The number of anilines is 1. The second-order valence-corrected chi connectivity index (χ2v) is 5.51. The Kier molecular flexibility index (Phi) is 4.65. The Hall–Kier alpha value is -1.98. The van der Waals surface area contributed by atoms with Crippen molar-refractivity contribution in [1.29, 1.82) is 0 Å². The molecule has 3 N–H and O–H groups in total. The molecule has 0 spiro atoms. The van der Waals surface area contributed by atoms with E-state index < -0.39 is 6.04 Å². The van der Waals surface area contributed by atoms with Gasteiger partial charge < -0.3 is 11.1 Å². The summed E-state index contributed by atoms with van der Waals surface area (Å²) in [5.74, 6) is -0.212. The Labute approximate surface area is 122 Å². The molecule has 1 atom stereocenters. The van der Waals surface area contributed by atoms with Crippen LogP contribution in [0.25, 0.3) is 11.3 Å². The number of carbonyl (C=O) groups excluding carboxylic acids is 1. The van der Waals surface area contributed by atoms with Crippen molar-refractivity contribution >= 4 is 22.9 Å². The van der Waals surface area contributed by atoms with Gasteiger partial charge >= 0.3 is 0 Å². The van der Waals surface area contributed by atoms with Crippen LogP contribution in [0.1, 0.15) is 11.4 Å². The van der Waals surface area contributed by atoms with Crippen molar-refractivity contribution in [3.8, 4) is 11.3 Å². The number of benzene rings is 1. The zero-order valence-electron chi connectivity index (χ0n) is 11.3. The minimum Gasteiger partial charge on any atom is -0.325 e. The zero-order valence-corrected chi connectivity index (χ0v) is 12.1. The topological polar surface area (TPSA) is 68.0 Å². The summed E-state index contributed by atoms with van der Waals surface area (Å²) in [7, 11) is 0. The molecular formula is C15H17N3OS. The lowest BCUT2D eigenvalue weighted by Crippen LogP contribution is -2.35. The van der Waals surface area contributed by atoms with Crippen LogP contribution in [-0.2, 0) is 4.79 Å². The molecule has 1 aromatic carbocycles. The van der Waals surface area contributed by atoms with Gasteiger partial charge in [0.05, 0.1) is 16.7 Å². The van der Waals surface area contributed by atoms with Crippen LogP contribution in [0.3, 0.4) is 0 Å². The number of nitrogens with two attached hydrogens (primary N) is 1. The highest BCUT2D eigenvalue weighted by Crippen LogP contribution is 2.24. The highest BCUT2D eigenvalue weighted by Gasteiger charge is 2.12. The van der Waals surface area contributed by atoms with Gasteiger partial charge in [0.15, 0.2) is 0 Å². The van der Waals surface area contributed by atoms with E-state index >= 15 is 0 Å². The van der Waals surface area contributed by atoms with Crippen molar-refractivity contribution < 1.29 is 4.79 Å². The first kappa shape index (κ1) is 14.4. The number of hydrogen-bond donors (Lipinski definition) is 2. The molecule has 0 aliphatic rings.